The summed E-state index contributed by atoms with van der Waals surface area (Å²) in [4.78, 5) is 32.0. The molecule has 7 heteroatoms. The number of benzene rings is 1. The molecule has 2 saturated carbocycles. The summed E-state index contributed by atoms with van der Waals surface area (Å²) in [5.74, 6) is -0.0139. The van der Waals surface area contributed by atoms with Crippen molar-refractivity contribution in [3.8, 4) is 6.07 Å². The molecule has 1 amide bonds. The maximum Gasteiger partial charge on any atom is 0.231 e. The van der Waals surface area contributed by atoms with Crippen LogP contribution >= 0.6 is 0 Å². The highest BCUT2D eigenvalue weighted by Gasteiger charge is 2.44. The minimum absolute atomic E-state index is 0.00481. The number of hydrogen-bond acceptors (Lipinski definition) is 6. The first-order chi connectivity index (χ1) is 19.0. The van der Waals surface area contributed by atoms with Gasteiger partial charge in [0.1, 0.15) is 5.54 Å². The van der Waals surface area contributed by atoms with Crippen molar-refractivity contribution in [2.45, 2.75) is 88.1 Å². The van der Waals surface area contributed by atoms with E-state index in [4.69, 9.17) is 4.74 Å². The first-order valence-corrected chi connectivity index (χ1v) is 15.4. The Morgan fingerprint density at radius 1 is 1.00 bits per heavy atom. The minimum Gasteiger partial charge on any atom is -0.379 e. The predicted octanol–water partition coefficient (Wildman–Crippen LogP) is 4.28. The summed E-state index contributed by atoms with van der Waals surface area (Å²) in [6, 6.07) is 13.7. The van der Waals surface area contributed by atoms with Gasteiger partial charge in [-0.25, -0.2) is 0 Å². The van der Waals surface area contributed by atoms with Gasteiger partial charge in [0.05, 0.1) is 31.7 Å². The molecule has 2 aliphatic carbocycles. The van der Waals surface area contributed by atoms with Gasteiger partial charge < -0.3 is 10.1 Å². The van der Waals surface area contributed by atoms with Crippen molar-refractivity contribution in [1.29, 1.82) is 5.26 Å². The summed E-state index contributed by atoms with van der Waals surface area (Å²) >= 11 is 0. The number of likely N-dealkylation sites (tertiary alicyclic amines) is 1. The molecule has 0 bridgehead atoms. The average molecular weight is 535 g/mol. The number of nitriles is 1. The number of amides is 1. The van der Waals surface area contributed by atoms with Crippen LogP contribution in [0.2, 0.25) is 0 Å². The summed E-state index contributed by atoms with van der Waals surface area (Å²) in [5, 5.41) is 13.4. The predicted molar refractivity (Wildman–Crippen MR) is 151 cm³/mol. The molecule has 2 heterocycles. The zero-order valence-corrected chi connectivity index (χ0v) is 23.5. The molecule has 39 heavy (non-hydrogen) atoms. The second-order valence-corrected chi connectivity index (χ2v) is 12.5. The second kappa shape index (κ2) is 13.4. The van der Waals surface area contributed by atoms with Crippen LogP contribution < -0.4 is 5.32 Å². The van der Waals surface area contributed by atoms with Crippen molar-refractivity contribution in [3.63, 3.8) is 0 Å². The topological polar surface area (TPSA) is 85.7 Å². The summed E-state index contributed by atoms with van der Waals surface area (Å²) in [6.45, 7) is 4.40. The van der Waals surface area contributed by atoms with Crippen molar-refractivity contribution in [2.75, 3.05) is 45.9 Å². The van der Waals surface area contributed by atoms with E-state index >= 15 is 0 Å². The number of ether oxygens (including phenoxy) is 1. The highest BCUT2D eigenvalue weighted by molar-refractivity contribution is 6.02. The molecule has 0 radical (unpaired) electrons. The van der Waals surface area contributed by atoms with E-state index in [1.807, 2.05) is 0 Å². The number of carbonyl (C=O) groups is 2. The maximum atomic E-state index is 13.8. The molecule has 2 aliphatic heterocycles. The van der Waals surface area contributed by atoms with Gasteiger partial charge in [-0.15, -0.1) is 0 Å². The van der Waals surface area contributed by atoms with E-state index < -0.39 is 11.5 Å². The fraction of sp³-hybridized carbons (Fsp3) is 0.719. The zero-order valence-electron chi connectivity index (χ0n) is 23.5. The lowest BCUT2D eigenvalue weighted by molar-refractivity contribution is -0.136. The van der Waals surface area contributed by atoms with Crippen LogP contribution in [0.3, 0.4) is 0 Å². The molecule has 0 spiro atoms. The Morgan fingerprint density at radius 3 is 2.41 bits per heavy atom. The van der Waals surface area contributed by atoms with Gasteiger partial charge in [0.2, 0.25) is 5.91 Å². The largest absolute Gasteiger partial charge is 0.379 e. The number of rotatable bonds is 9. The van der Waals surface area contributed by atoms with Crippen LogP contribution in [0.15, 0.2) is 30.3 Å². The molecule has 2 atom stereocenters. The van der Waals surface area contributed by atoms with E-state index in [-0.39, 0.29) is 18.2 Å². The standard InChI is InChI=1S/C32H46N4O3/c33-23-32(15-16-36(24-32)28-9-5-2-6-10-28)34-31(38)29(30(37)22-35-17-19-39-20-18-35)21-25-11-13-27(14-12-25)26-7-3-1-4-8-26/h1,3-4,7-8,25,27-29H,2,5-6,9-22,24H2,(H,34,38)/t25-,27-,29?,32?. The van der Waals surface area contributed by atoms with Gasteiger partial charge in [-0.3, -0.25) is 19.4 Å². The molecule has 2 saturated heterocycles. The number of ketones is 1. The minimum atomic E-state index is -0.892. The monoisotopic (exact) mass is 534 g/mol. The van der Waals surface area contributed by atoms with Crippen LogP contribution in [-0.4, -0.2) is 79.0 Å². The molecule has 0 aromatic heterocycles. The summed E-state index contributed by atoms with van der Waals surface area (Å²) in [6.07, 6.45) is 11.6. The van der Waals surface area contributed by atoms with Crippen LogP contribution in [-0.2, 0) is 14.3 Å². The fourth-order valence-corrected chi connectivity index (χ4v) is 7.41. The Hall–Kier alpha value is -2.27. The van der Waals surface area contributed by atoms with Crippen molar-refractivity contribution in [1.82, 2.24) is 15.1 Å². The molecular weight excluding hydrogens is 488 g/mol. The molecule has 5 rings (SSSR count). The van der Waals surface area contributed by atoms with Crippen LogP contribution in [0, 0.1) is 23.2 Å². The molecular formula is C32H46N4O3. The van der Waals surface area contributed by atoms with Crippen molar-refractivity contribution < 1.29 is 14.3 Å². The number of hydrogen-bond donors (Lipinski definition) is 1. The van der Waals surface area contributed by atoms with Gasteiger partial charge in [-0.1, -0.05) is 49.6 Å². The SMILES string of the molecule is N#CC1(NC(=O)C(C[C@H]2CC[C@H](c3ccccc3)CC2)C(=O)CN2CCOCC2)CCN(C2CCCCC2)C1. The molecule has 4 aliphatic rings. The first kappa shape index (κ1) is 28.3. The quantitative estimate of drug-likeness (QED) is 0.476. The van der Waals surface area contributed by atoms with Gasteiger partial charge in [-0.05, 0) is 68.8 Å². The average Bonchev–Trinajstić information content (AvgIpc) is 3.42. The second-order valence-electron chi connectivity index (χ2n) is 12.5. The van der Waals surface area contributed by atoms with E-state index in [1.165, 1.54) is 37.7 Å². The Labute approximate surface area is 234 Å². The Balaban J connectivity index is 1.23. The molecule has 212 valence electrons. The number of carbonyl (C=O) groups excluding carboxylic acids is 2. The van der Waals surface area contributed by atoms with E-state index in [0.717, 1.165) is 45.3 Å². The number of nitrogens with one attached hydrogen (secondary N) is 1. The van der Waals surface area contributed by atoms with Crippen LogP contribution in [0.1, 0.15) is 82.1 Å². The number of Topliss-reactive ketones (excluding diaryl/α,β-unsaturated/α-hetero) is 1. The lowest BCUT2D eigenvalue weighted by atomic mass is 9.75. The third-order valence-corrected chi connectivity index (χ3v) is 9.84. The summed E-state index contributed by atoms with van der Waals surface area (Å²) < 4.78 is 5.46. The normalized spacial score (nSPS) is 29.9. The van der Waals surface area contributed by atoms with Gasteiger partial charge in [0, 0.05) is 32.2 Å². The van der Waals surface area contributed by atoms with Crippen molar-refractivity contribution in [3.05, 3.63) is 35.9 Å². The number of nitrogens with zero attached hydrogens (tertiary/aromatic N) is 3. The zero-order chi connectivity index (χ0) is 27.1. The molecule has 2 unspecified atom stereocenters. The Bertz CT molecular complexity index is 990. The molecule has 4 fully saturated rings. The maximum absolute atomic E-state index is 13.8. The van der Waals surface area contributed by atoms with Crippen molar-refractivity contribution >= 4 is 11.7 Å². The van der Waals surface area contributed by atoms with E-state index in [9.17, 15) is 14.9 Å². The summed E-state index contributed by atoms with van der Waals surface area (Å²) in [5.41, 5.74) is 0.505. The van der Waals surface area contributed by atoms with Gasteiger partial charge in [0.25, 0.3) is 0 Å². The van der Waals surface area contributed by atoms with Gasteiger partial charge in [0.15, 0.2) is 5.78 Å². The molecule has 1 aromatic rings. The van der Waals surface area contributed by atoms with Crippen LogP contribution in [0.5, 0.6) is 0 Å². The van der Waals surface area contributed by atoms with Crippen LogP contribution in [0.4, 0.5) is 0 Å². The molecule has 1 N–H and O–H groups in total. The molecule has 1 aromatic carbocycles. The highest BCUT2D eigenvalue weighted by Crippen LogP contribution is 2.38. The molecule has 7 nitrogen and oxygen atoms in total. The first-order valence-electron chi connectivity index (χ1n) is 15.4. The Kier molecular flexibility index (Phi) is 9.71. The Morgan fingerprint density at radius 2 is 1.72 bits per heavy atom. The highest BCUT2D eigenvalue weighted by atomic mass is 16.5. The van der Waals surface area contributed by atoms with E-state index in [2.05, 4.69) is 51.5 Å². The van der Waals surface area contributed by atoms with Gasteiger partial charge >= 0.3 is 0 Å². The lowest BCUT2D eigenvalue weighted by Crippen LogP contribution is -2.54. The number of morpholine rings is 1. The van der Waals surface area contributed by atoms with Crippen molar-refractivity contribution in [2.24, 2.45) is 11.8 Å². The summed E-state index contributed by atoms with van der Waals surface area (Å²) in [7, 11) is 0. The van der Waals surface area contributed by atoms with E-state index in [0.29, 0.717) is 50.5 Å². The smallest absolute Gasteiger partial charge is 0.231 e. The third kappa shape index (κ3) is 7.28. The van der Waals surface area contributed by atoms with E-state index in [1.54, 1.807) is 0 Å². The lowest BCUT2D eigenvalue weighted by Gasteiger charge is -2.34. The third-order valence-electron chi connectivity index (χ3n) is 9.84. The van der Waals surface area contributed by atoms with Crippen LogP contribution in [0.25, 0.3) is 0 Å². The van der Waals surface area contributed by atoms with Gasteiger partial charge in [-0.2, -0.15) is 5.26 Å². The fourth-order valence-electron chi connectivity index (χ4n) is 7.41.